The number of hydrogen-bond acceptors (Lipinski definition) is 7. The Morgan fingerprint density at radius 3 is 2.90 bits per heavy atom. The molecule has 0 bridgehead atoms. The molecule has 2 aromatic rings. The van der Waals surface area contributed by atoms with Crippen LogP contribution in [0, 0.1) is 0 Å². The maximum absolute atomic E-state index is 12.1. The van der Waals surface area contributed by atoms with E-state index in [1.165, 1.54) is 12.5 Å². The summed E-state index contributed by atoms with van der Waals surface area (Å²) in [7, 11) is 0. The Hall–Kier alpha value is -2.84. The molecule has 2 amide bonds. The zero-order chi connectivity index (χ0) is 15.2. The summed E-state index contributed by atoms with van der Waals surface area (Å²) < 4.78 is 4.78. The Balaban J connectivity index is 2.02. The Kier molecular flexibility index (Phi) is 4.54. The molecule has 0 radical (unpaired) electrons. The van der Waals surface area contributed by atoms with Crippen molar-refractivity contribution in [1.29, 1.82) is 0 Å². The summed E-state index contributed by atoms with van der Waals surface area (Å²) in [5, 5.41) is 5.98. The van der Waals surface area contributed by atoms with E-state index in [-0.39, 0.29) is 24.2 Å². The van der Waals surface area contributed by atoms with Gasteiger partial charge >= 0.3 is 0 Å². The standard InChI is InChI=1S/C12H14N6O3/c1-2-3-8-7(4-14-6-16-8)12(20)15-5-9-17-11(10(13)19)18-21-9/h4,6H,2-3,5H2,1H3,(H2,13,19)(H,15,20). The van der Waals surface area contributed by atoms with Crippen LogP contribution in [0.4, 0.5) is 0 Å². The Bertz CT molecular complexity index is 654. The fourth-order valence-electron chi connectivity index (χ4n) is 1.66. The molecule has 0 aliphatic carbocycles. The van der Waals surface area contributed by atoms with E-state index < -0.39 is 5.91 Å². The van der Waals surface area contributed by atoms with Gasteiger partial charge in [-0.1, -0.05) is 18.5 Å². The van der Waals surface area contributed by atoms with E-state index in [2.05, 4.69) is 25.4 Å². The van der Waals surface area contributed by atoms with Crippen LogP contribution in [-0.2, 0) is 13.0 Å². The number of nitrogens with two attached hydrogens (primary N) is 1. The van der Waals surface area contributed by atoms with Crippen molar-refractivity contribution in [2.24, 2.45) is 5.73 Å². The van der Waals surface area contributed by atoms with Gasteiger partial charge in [-0.05, 0) is 6.42 Å². The van der Waals surface area contributed by atoms with Gasteiger partial charge in [0.05, 0.1) is 17.8 Å². The van der Waals surface area contributed by atoms with Gasteiger partial charge in [-0.15, -0.1) is 0 Å². The number of amides is 2. The van der Waals surface area contributed by atoms with Gasteiger partial charge < -0.3 is 15.6 Å². The van der Waals surface area contributed by atoms with Crippen LogP contribution in [0.1, 0.15) is 45.9 Å². The molecule has 3 N–H and O–H groups in total. The molecule has 21 heavy (non-hydrogen) atoms. The summed E-state index contributed by atoms with van der Waals surface area (Å²) in [4.78, 5) is 34.6. The number of rotatable bonds is 6. The van der Waals surface area contributed by atoms with Crippen LogP contribution in [0.5, 0.6) is 0 Å². The minimum absolute atomic E-state index is 0.0143. The maximum Gasteiger partial charge on any atom is 0.290 e. The van der Waals surface area contributed by atoms with Gasteiger partial charge in [-0.3, -0.25) is 9.59 Å². The lowest BCUT2D eigenvalue weighted by Gasteiger charge is -2.06. The Morgan fingerprint density at radius 2 is 2.24 bits per heavy atom. The van der Waals surface area contributed by atoms with Crippen molar-refractivity contribution in [3.8, 4) is 0 Å². The fraction of sp³-hybridized carbons (Fsp3) is 0.333. The number of nitrogens with one attached hydrogen (secondary N) is 1. The highest BCUT2D eigenvalue weighted by molar-refractivity contribution is 5.94. The molecule has 110 valence electrons. The molecule has 0 spiro atoms. The van der Waals surface area contributed by atoms with Gasteiger partial charge in [0, 0.05) is 6.20 Å². The lowest BCUT2D eigenvalue weighted by Crippen LogP contribution is -2.25. The largest absolute Gasteiger partial charge is 0.363 e. The molecule has 0 fully saturated rings. The predicted octanol–water partition coefficient (Wildman–Crippen LogP) is -0.159. The molecule has 9 heteroatoms. The number of aryl methyl sites for hydroxylation is 1. The third-order valence-electron chi connectivity index (χ3n) is 2.61. The molecular formula is C12H14N6O3. The van der Waals surface area contributed by atoms with Gasteiger partial charge in [0.25, 0.3) is 17.6 Å². The van der Waals surface area contributed by atoms with Crippen LogP contribution in [0.15, 0.2) is 17.0 Å². The Labute approximate surface area is 120 Å². The van der Waals surface area contributed by atoms with Crippen LogP contribution in [-0.4, -0.2) is 31.9 Å². The summed E-state index contributed by atoms with van der Waals surface area (Å²) in [6.45, 7) is 1.98. The van der Waals surface area contributed by atoms with Crippen LogP contribution in [0.25, 0.3) is 0 Å². The van der Waals surface area contributed by atoms with Gasteiger partial charge in [-0.25, -0.2) is 9.97 Å². The highest BCUT2D eigenvalue weighted by Gasteiger charge is 2.15. The maximum atomic E-state index is 12.1. The van der Waals surface area contributed by atoms with E-state index in [0.717, 1.165) is 6.42 Å². The number of carbonyl (C=O) groups is 2. The monoisotopic (exact) mass is 290 g/mol. The molecule has 2 aromatic heterocycles. The van der Waals surface area contributed by atoms with Gasteiger partial charge in [0.2, 0.25) is 5.89 Å². The van der Waals surface area contributed by atoms with Gasteiger partial charge in [-0.2, -0.15) is 4.98 Å². The molecule has 0 saturated heterocycles. The number of carbonyl (C=O) groups excluding carboxylic acids is 2. The summed E-state index contributed by atoms with van der Waals surface area (Å²) in [6.07, 6.45) is 4.40. The second-order valence-corrected chi connectivity index (χ2v) is 4.19. The van der Waals surface area contributed by atoms with E-state index in [9.17, 15) is 9.59 Å². The molecule has 2 heterocycles. The third kappa shape index (κ3) is 3.59. The SMILES string of the molecule is CCCc1ncncc1C(=O)NCc1nc(C(N)=O)no1. The zero-order valence-electron chi connectivity index (χ0n) is 11.4. The summed E-state index contributed by atoms with van der Waals surface area (Å²) in [5.74, 6) is -1.28. The van der Waals surface area contributed by atoms with E-state index in [4.69, 9.17) is 10.3 Å². The van der Waals surface area contributed by atoms with E-state index in [1.54, 1.807) is 0 Å². The molecule has 0 aliphatic rings. The lowest BCUT2D eigenvalue weighted by atomic mass is 10.1. The predicted molar refractivity (Wildman–Crippen MR) is 70.0 cm³/mol. The number of aromatic nitrogens is 4. The molecular weight excluding hydrogens is 276 g/mol. The first-order valence-electron chi connectivity index (χ1n) is 6.31. The number of primary amides is 1. The molecule has 9 nitrogen and oxygen atoms in total. The first-order valence-corrected chi connectivity index (χ1v) is 6.31. The van der Waals surface area contributed by atoms with Crippen molar-refractivity contribution in [3.05, 3.63) is 35.5 Å². The highest BCUT2D eigenvalue weighted by Crippen LogP contribution is 2.07. The smallest absolute Gasteiger partial charge is 0.290 e. The van der Waals surface area contributed by atoms with Crippen molar-refractivity contribution < 1.29 is 14.1 Å². The quantitative estimate of drug-likeness (QED) is 0.754. The second kappa shape index (κ2) is 6.55. The topological polar surface area (TPSA) is 137 Å². The fourth-order valence-corrected chi connectivity index (χ4v) is 1.66. The Morgan fingerprint density at radius 1 is 1.43 bits per heavy atom. The second-order valence-electron chi connectivity index (χ2n) is 4.19. The normalized spacial score (nSPS) is 10.3. The summed E-state index contributed by atoms with van der Waals surface area (Å²) in [6, 6.07) is 0. The average Bonchev–Trinajstić information content (AvgIpc) is 2.95. The van der Waals surface area contributed by atoms with Crippen molar-refractivity contribution in [3.63, 3.8) is 0 Å². The minimum Gasteiger partial charge on any atom is -0.363 e. The van der Waals surface area contributed by atoms with Gasteiger partial charge in [0.15, 0.2) is 0 Å². The molecule has 0 aromatic carbocycles. The first-order chi connectivity index (χ1) is 10.1. The van der Waals surface area contributed by atoms with Crippen LogP contribution in [0.3, 0.4) is 0 Å². The van der Waals surface area contributed by atoms with Crippen molar-refractivity contribution in [2.45, 2.75) is 26.3 Å². The average molecular weight is 290 g/mol. The van der Waals surface area contributed by atoms with E-state index >= 15 is 0 Å². The molecule has 0 aliphatic heterocycles. The van der Waals surface area contributed by atoms with Crippen molar-refractivity contribution in [1.82, 2.24) is 25.4 Å². The highest BCUT2D eigenvalue weighted by atomic mass is 16.5. The van der Waals surface area contributed by atoms with E-state index in [1.807, 2.05) is 6.92 Å². The van der Waals surface area contributed by atoms with Gasteiger partial charge in [0.1, 0.15) is 6.33 Å². The van der Waals surface area contributed by atoms with E-state index in [0.29, 0.717) is 17.7 Å². The number of hydrogen-bond donors (Lipinski definition) is 2. The van der Waals surface area contributed by atoms with Crippen molar-refractivity contribution in [2.75, 3.05) is 0 Å². The summed E-state index contributed by atoms with van der Waals surface area (Å²) in [5.41, 5.74) is 6.07. The molecule has 2 rings (SSSR count). The first kappa shape index (κ1) is 14.6. The summed E-state index contributed by atoms with van der Waals surface area (Å²) >= 11 is 0. The molecule has 0 atom stereocenters. The lowest BCUT2D eigenvalue weighted by molar-refractivity contribution is 0.0942. The molecule has 0 unspecified atom stereocenters. The zero-order valence-corrected chi connectivity index (χ0v) is 11.4. The van der Waals surface area contributed by atoms with Crippen LogP contribution >= 0.6 is 0 Å². The van der Waals surface area contributed by atoms with Crippen LogP contribution < -0.4 is 11.1 Å². The van der Waals surface area contributed by atoms with Crippen molar-refractivity contribution >= 4 is 11.8 Å². The minimum atomic E-state index is -0.794. The molecule has 0 saturated carbocycles. The van der Waals surface area contributed by atoms with Crippen LogP contribution in [0.2, 0.25) is 0 Å². The third-order valence-corrected chi connectivity index (χ3v) is 2.61. The number of nitrogens with zero attached hydrogens (tertiary/aromatic N) is 4.